The third-order valence-electron chi connectivity index (χ3n) is 5.88. The number of hydrogen-bond donors (Lipinski definition) is 1. The van der Waals surface area contributed by atoms with Crippen LogP contribution in [0.4, 0.5) is 5.69 Å². The summed E-state index contributed by atoms with van der Waals surface area (Å²) in [6.07, 6.45) is 0.752. The fourth-order valence-electron chi connectivity index (χ4n) is 3.83. The minimum absolute atomic E-state index is 0.0389. The molecule has 1 N–H and O–H groups in total. The predicted molar refractivity (Wildman–Crippen MR) is 144 cm³/mol. The van der Waals surface area contributed by atoms with Crippen LogP contribution < -0.4 is 14.4 Å². The molecule has 196 valence electrons. The van der Waals surface area contributed by atoms with Crippen molar-refractivity contribution in [1.29, 1.82) is 0 Å². The predicted octanol–water partition coefficient (Wildman–Crippen LogP) is 3.83. The van der Waals surface area contributed by atoms with Crippen LogP contribution in [0, 0.1) is 0 Å². The zero-order valence-electron chi connectivity index (χ0n) is 21.3. The molecular weight excluding hydrogens is 490 g/mol. The van der Waals surface area contributed by atoms with Crippen LogP contribution in [0.3, 0.4) is 0 Å². The molecule has 0 aliphatic carbocycles. The number of nitrogens with one attached hydrogen (secondary N) is 1. The maximum absolute atomic E-state index is 13.8. The minimum atomic E-state index is -4.14. The molecule has 9 heteroatoms. The quantitative estimate of drug-likeness (QED) is 0.389. The van der Waals surface area contributed by atoms with E-state index < -0.39 is 28.5 Å². The highest BCUT2D eigenvalue weighted by Gasteiger charge is 2.33. The van der Waals surface area contributed by atoms with E-state index in [1.807, 2.05) is 37.3 Å². The van der Waals surface area contributed by atoms with Crippen LogP contribution in [0.5, 0.6) is 5.75 Å². The van der Waals surface area contributed by atoms with Crippen molar-refractivity contribution in [2.24, 2.45) is 0 Å². The van der Waals surface area contributed by atoms with E-state index in [1.165, 1.54) is 24.1 Å². The number of nitrogens with zero attached hydrogens (tertiary/aromatic N) is 2. The number of rotatable bonds is 12. The fourth-order valence-corrected chi connectivity index (χ4v) is 5.27. The molecule has 3 rings (SSSR count). The molecular formula is C28H33N3O5S. The number of anilines is 1. The molecule has 0 heterocycles. The topological polar surface area (TPSA) is 96.0 Å². The van der Waals surface area contributed by atoms with Crippen molar-refractivity contribution >= 4 is 27.5 Å². The normalized spacial score (nSPS) is 11.9. The Hall–Kier alpha value is -3.85. The highest BCUT2D eigenvalue weighted by molar-refractivity contribution is 7.92. The number of carbonyl (C=O) groups excluding carboxylic acids is 2. The first-order valence-electron chi connectivity index (χ1n) is 12.1. The summed E-state index contributed by atoms with van der Waals surface area (Å²) in [7, 11) is -2.70. The van der Waals surface area contributed by atoms with Crippen LogP contribution in [-0.4, -0.2) is 51.4 Å². The summed E-state index contributed by atoms with van der Waals surface area (Å²) in [5, 5.41) is 2.83. The molecule has 0 aliphatic rings. The van der Waals surface area contributed by atoms with Crippen molar-refractivity contribution in [3.05, 3.63) is 90.5 Å². The van der Waals surface area contributed by atoms with Gasteiger partial charge in [-0.1, -0.05) is 67.6 Å². The molecule has 0 bridgehead atoms. The Morgan fingerprint density at radius 3 is 2.14 bits per heavy atom. The summed E-state index contributed by atoms with van der Waals surface area (Å²) >= 11 is 0. The Balaban J connectivity index is 2.03. The average Bonchev–Trinajstić information content (AvgIpc) is 2.93. The number of amides is 2. The van der Waals surface area contributed by atoms with Crippen LogP contribution >= 0.6 is 0 Å². The van der Waals surface area contributed by atoms with Gasteiger partial charge in [0, 0.05) is 13.1 Å². The molecule has 0 radical (unpaired) electrons. The zero-order chi connectivity index (χ0) is 26.8. The van der Waals surface area contributed by atoms with E-state index in [2.05, 4.69) is 5.32 Å². The Labute approximate surface area is 218 Å². The van der Waals surface area contributed by atoms with E-state index in [0.717, 1.165) is 16.3 Å². The first-order valence-corrected chi connectivity index (χ1v) is 13.6. The fraction of sp³-hybridized carbons (Fsp3) is 0.286. The number of ether oxygens (including phenoxy) is 1. The van der Waals surface area contributed by atoms with Gasteiger partial charge in [-0.3, -0.25) is 13.9 Å². The third kappa shape index (κ3) is 6.89. The SMILES string of the molecule is CCCNC(=O)[C@@H](C)N(Cc1ccccc1)C(=O)CN(c1ccccc1OC)S(=O)(=O)c1ccccc1. The minimum Gasteiger partial charge on any atom is -0.495 e. The van der Waals surface area contributed by atoms with Gasteiger partial charge in [-0.15, -0.1) is 0 Å². The van der Waals surface area contributed by atoms with Crippen LogP contribution in [0.2, 0.25) is 0 Å². The molecule has 37 heavy (non-hydrogen) atoms. The van der Waals surface area contributed by atoms with Crippen molar-refractivity contribution in [2.75, 3.05) is 24.5 Å². The lowest BCUT2D eigenvalue weighted by atomic mass is 10.1. The van der Waals surface area contributed by atoms with Gasteiger partial charge in [0.15, 0.2) is 0 Å². The number of para-hydroxylation sites is 2. The number of hydrogen-bond acceptors (Lipinski definition) is 5. The summed E-state index contributed by atoms with van der Waals surface area (Å²) < 4.78 is 34.0. The summed E-state index contributed by atoms with van der Waals surface area (Å²) in [4.78, 5) is 28.1. The molecule has 0 aromatic heterocycles. The Morgan fingerprint density at radius 1 is 0.919 bits per heavy atom. The van der Waals surface area contributed by atoms with Gasteiger partial charge in [-0.25, -0.2) is 8.42 Å². The van der Waals surface area contributed by atoms with Crippen molar-refractivity contribution in [3.63, 3.8) is 0 Å². The Kier molecular flexibility index (Phi) is 9.68. The number of sulfonamides is 1. The molecule has 0 spiro atoms. The van der Waals surface area contributed by atoms with Crippen LogP contribution in [0.25, 0.3) is 0 Å². The first-order chi connectivity index (χ1) is 17.8. The highest BCUT2D eigenvalue weighted by atomic mass is 32.2. The van der Waals surface area contributed by atoms with E-state index in [0.29, 0.717) is 12.3 Å². The highest BCUT2D eigenvalue weighted by Crippen LogP contribution is 2.32. The van der Waals surface area contributed by atoms with Gasteiger partial charge in [0.2, 0.25) is 11.8 Å². The van der Waals surface area contributed by atoms with Gasteiger partial charge in [0.25, 0.3) is 10.0 Å². The molecule has 0 saturated carbocycles. The van der Waals surface area contributed by atoms with E-state index in [1.54, 1.807) is 49.4 Å². The summed E-state index contributed by atoms with van der Waals surface area (Å²) in [6.45, 7) is 3.69. The lowest BCUT2D eigenvalue weighted by Crippen LogP contribution is -2.51. The molecule has 1 atom stereocenters. The number of methoxy groups -OCH3 is 1. The van der Waals surface area contributed by atoms with E-state index in [-0.39, 0.29) is 23.0 Å². The molecule has 0 aliphatic heterocycles. The average molecular weight is 524 g/mol. The molecule has 0 unspecified atom stereocenters. The molecule has 2 amide bonds. The zero-order valence-corrected chi connectivity index (χ0v) is 22.1. The van der Waals surface area contributed by atoms with Crippen molar-refractivity contribution in [1.82, 2.24) is 10.2 Å². The smallest absolute Gasteiger partial charge is 0.264 e. The maximum Gasteiger partial charge on any atom is 0.264 e. The van der Waals surface area contributed by atoms with Crippen molar-refractivity contribution < 1.29 is 22.7 Å². The Morgan fingerprint density at radius 2 is 1.51 bits per heavy atom. The van der Waals surface area contributed by atoms with E-state index in [4.69, 9.17) is 4.74 Å². The van der Waals surface area contributed by atoms with Gasteiger partial charge < -0.3 is 15.0 Å². The first kappa shape index (κ1) is 27.7. The molecule has 3 aromatic rings. The van der Waals surface area contributed by atoms with Gasteiger partial charge in [-0.2, -0.15) is 0 Å². The van der Waals surface area contributed by atoms with Gasteiger partial charge >= 0.3 is 0 Å². The second kappa shape index (κ2) is 12.9. The third-order valence-corrected chi connectivity index (χ3v) is 7.65. The lowest BCUT2D eigenvalue weighted by Gasteiger charge is -2.32. The van der Waals surface area contributed by atoms with E-state index in [9.17, 15) is 18.0 Å². The maximum atomic E-state index is 13.8. The monoisotopic (exact) mass is 523 g/mol. The summed E-state index contributed by atoms with van der Waals surface area (Å²) in [6, 6.07) is 23.0. The van der Waals surface area contributed by atoms with Crippen LogP contribution in [-0.2, 0) is 26.2 Å². The van der Waals surface area contributed by atoms with Crippen LogP contribution in [0.15, 0.2) is 89.8 Å². The molecule has 8 nitrogen and oxygen atoms in total. The second-order valence-electron chi connectivity index (χ2n) is 8.47. The van der Waals surface area contributed by atoms with Gasteiger partial charge in [0.05, 0.1) is 17.7 Å². The largest absolute Gasteiger partial charge is 0.495 e. The number of benzene rings is 3. The molecule has 3 aromatic carbocycles. The lowest BCUT2D eigenvalue weighted by molar-refractivity contribution is -0.139. The van der Waals surface area contributed by atoms with E-state index >= 15 is 0 Å². The summed E-state index contributed by atoms with van der Waals surface area (Å²) in [5.41, 5.74) is 1.05. The number of carbonyl (C=O) groups is 2. The van der Waals surface area contributed by atoms with Crippen LogP contribution in [0.1, 0.15) is 25.8 Å². The molecule has 0 fully saturated rings. The second-order valence-corrected chi connectivity index (χ2v) is 10.3. The van der Waals surface area contributed by atoms with Gasteiger partial charge in [0.1, 0.15) is 18.3 Å². The van der Waals surface area contributed by atoms with Crippen molar-refractivity contribution in [2.45, 2.75) is 37.8 Å². The summed E-state index contributed by atoms with van der Waals surface area (Å²) in [5.74, 6) is -0.521. The Bertz CT molecular complexity index is 1280. The standard InChI is InChI=1S/C28H33N3O5S/c1-4-19-29-28(33)22(2)30(20-23-13-7-5-8-14-23)27(32)21-31(25-17-11-12-18-26(25)36-3)37(34,35)24-15-9-6-10-16-24/h5-18,22H,4,19-21H2,1-3H3,(H,29,33)/t22-/m1/s1. The van der Waals surface area contributed by atoms with Gasteiger partial charge in [-0.05, 0) is 43.2 Å². The van der Waals surface area contributed by atoms with Crippen molar-refractivity contribution in [3.8, 4) is 5.75 Å². The molecule has 0 saturated heterocycles.